The zero-order valence-corrected chi connectivity index (χ0v) is 13.1. The monoisotopic (exact) mass is 285 g/mol. The minimum atomic E-state index is 0.422. The summed E-state index contributed by atoms with van der Waals surface area (Å²) in [6.07, 6.45) is 1.00. The maximum Gasteiger partial charge on any atom is 0.193 e. The van der Waals surface area contributed by atoms with E-state index in [0.29, 0.717) is 12.5 Å². The van der Waals surface area contributed by atoms with Crippen LogP contribution in [0.4, 0.5) is 5.69 Å². The quantitative estimate of drug-likeness (QED) is 0.670. The first-order chi connectivity index (χ1) is 10.0. The molecule has 21 heavy (non-hydrogen) atoms. The highest BCUT2D eigenvalue weighted by Crippen LogP contribution is 2.14. The summed E-state index contributed by atoms with van der Waals surface area (Å²) < 4.78 is 1.87. The molecule has 1 aromatic heterocycles. The van der Waals surface area contributed by atoms with Crippen LogP contribution in [0.1, 0.15) is 29.4 Å². The van der Waals surface area contributed by atoms with E-state index in [-0.39, 0.29) is 0 Å². The van der Waals surface area contributed by atoms with E-state index in [1.807, 2.05) is 37.7 Å². The van der Waals surface area contributed by atoms with Crippen LogP contribution in [0.5, 0.6) is 0 Å². The van der Waals surface area contributed by atoms with Gasteiger partial charge in [-0.2, -0.15) is 5.10 Å². The predicted molar refractivity (Wildman–Crippen MR) is 87.5 cm³/mol. The first-order valence-corrected chi connectivity index (χ1v) is 7.16. The molecule has 0 radical (unpaired) electrons. The van der Waals surface area contributed by atoms with E-state index in [2.05, 4.69) is 34.5 Å². The molecule has 0 aliphatic carbocycles. The molecule has 0 atom stereocenters. The van der Waals surface area contributed by atoms with Gasteiger partial charge in [-0.05, 0) is 38.0 Å². The first-order valence-electron chi connectivity index (χ1n) is 7.16. The van der Waals surface area contributed by atoms with Crippen LogP contribution in [0.15, 0.2) is 29.3 Å². The van der Waals surface area contributed by atoms with Crippen molar-refractivity contribution in [3.63, 3.8) is 0 Å². The van der Waals surface area contributed by atoms with Gasteiger partial charge < -0.3 is 11.1 Å². The van der Waals surface area contributed by atoms with E-state index < -0.39 is 0 Å². The maximum absolute atomic E-state index is 5.96. The van der Waals surface area contributed by atoms with Gasteiger partial charge in [-0.3, -0.25) is 4.68 Å². The van der Waals surface area contributed by atoms with Crippen molar-refractivity contribution in [2.75, 3.05) is 5.32 Å². The number of aromatic nitrogens is 2. The Morgan fingerprint density at radius 1 is 1.38 bits per heavy atom. The number of anilines is 1. The topological polar surface area (TPSA) is 68.2 Å². The van der Waals surface area contributed by atoms with Crippen LogP contribution in [-0.2, 0) is 20.0 Å². The maximum atomic E-state index is 5.96. The average molecular weight is 285 g/mol. The number of nitrogens with one attached hydrogen (secondary N) is 1. The number of guanidine groups is 1. The number of benzene rings is 1. The van der Waals surface area contributed by atoms with Crippen LogP contribution in [0, 0.1) is 13.8 Å². The molecule has 0 amide bonds. The molecule has 5 heteroatoms. The summed E-state index contributed by atoms with van der Waals surface area (Å²) in [5, 5.41) is 7.51. The second-order valence-electron chi connectivity index (χ2n) is 5.15. The molecular formula is C16H23N5. The van der Waals surface area contributed by atoms with Crippen LogP contribution in [0.3, 0.4) is 0 Å². The van der Waals surface area contributed by atoms with Crippen molar-refractivity contribution < 1.29 is 0 Å². The van der Waals surface area contributed by atoms with Crippen LogP contribution < -0.4 is 11.1 Å². The molecule has 0 unspecified atom stereocenters. The number of nitrogens with zero attached hydrogens (tertiary/aromatic N) is 3. The minimum absolute atomic E-state index is 0.422. The van der Waals surface area contributed by atoms with Gasteiger partial charge in [0.1, 0.15) is 0 Å². The molecule has 0 saturated carbocycles. The minimum Gasteiger partial charge on any atom is -0.370 e. The summed E-state index contributed by atoms with van der Waals surface area (Å²) in [7, 11) is 1.94. The number of aryl methyl sites for hydroxylation is 3. The standard InChI is InChI=1S/C16H23N5/c1-5-13-7-6-8-14(9-13)19-16(17)18-10-15-11(2)20-21(4)12(15)3/h6-9H,5,10H2,1-4H3,(H3,17,18,19). The normalized spacial score (nSPS) is 11.7. The van der Waals surface area contributed by atoms with E-state index in [1.54, 1.807) is 0 Å². The SMILES string of the molecule is CCc1cccc(NC(N)=NCc2c(C)nn(C)c2C)c1. The number of hydrogen-bond donors (Lipinski definition) is 2. The second-order valence-corrected chi connectivity index (χ2v) is 5.15. The third-order valence-corrected chi connectivity index (χ3v) is 3.67. The zero-order chi connectivity index (χ0) is 15.4. The number of hydrogen-bond acceptors (Lipinski definition) is 2. The van der Waals surface area contributed by atoms with Crippen molar-refractivity contribution in [3.8, 4) is 0 Å². The third kappa shape index (κ3) is 3.62. The summed E-state index contributed by atoms with van der Waals surface area (Å²) in [5.41, 5.74) is 11.5. The highest BCUT2D eigenvalue weighted by Gasteiger charge is 2.08. The Balaban J connectivity index is 2.07. The Morgan fingerprint density at radius 2 is 2.14 bits per heavy atom. The summed E-state index contributed by atoms with van der Waals surface area (Å²) in [6, 6.07) is 8.19. The Kier molecular flexibility index (Phi) is 4.62. The van der Waals surface area contributed by atoms with Gasteiger partial charge in [0.05, 0.1) is 12.2 Å². The lowest BCUT2D eigenvalue weighted by Gasteiger charge is -2.07. The second kappa shape index (κ2) is 6.43. The molecule has 3 N–H and O–H groups in total. The van der Waals surface area contributed by atoms with E-state index in [0.717, 1.165) is 29.1 Å². The van der Waals surface area contributed by atoms with Crippen molar-refractivity contribution in [1.82, 2.24) is 9.78 Å². The van der Waals surface area contributed by atoms with Gasteiger partial charge >= 0.3 is 0 Å². The van der Waals surface area contributed by atoms with Gasteiger partial charge in [0.2, 0.25) is 0 Å². The fourth-order valence-corrected chi connectivity index (χ4v) is 2.27. The van der Waals surface area contributed by atoms with Crippen molar-refractivity contribution in [2.45, 2.75) is 33.7 Å². The molecule has 0 fully saturated rings. The molecule has 5 nitrogen and oxygen atoms in total. The van der Waals surface area contributed by atoms with Crippen LogP contribution in [0.2, 0.25) is 0 Å². The molecular weight excluding hydrogens is 262 g/mol. The molecule has 0 aliphatic rings. The molecule has 1 heterocycles. The largest absolute Gasteiger partial charge is 0.370 e. The van der Waals surface area contributed by atoms with Crippen LogP contribution in [-0.4, -0.2) is 15.7 Å². The van der Waals surface area contributed by atoms with E-state index in [4.69, 9.17) is 5.73 Å². The lowest BCUT2D eigenvalue weighted by atomic mass is 10.1. The highest BCUT2D eigenvalue weighted by molar-refractivity contribution is 5.92. The fourth-order valence-electron chi connectivity index (χ4n) is 2.27. The lowest BCUT2D eigenvalue weighted by Crippen LogP contribution is -2.22. The van der Waals surface area contributed by atoms with Gasteiger partial charge in [-0.15, -0.1) is 0 Å². The zero-order valence-electron chi connectivity index (χ0n) is 13.1. The Bertz CT molecular complexity index is 655. The summed E-state index contributed by atoms with van der Waals surface area (Å²) >= 11 is 0. The molecule has 0 aliphatic heterocycles. The van der Waals surface area contributed by atoms with Crippen molar-refractivity contribution in [3.05, 3.63) is 46.8 Å². The molecule has 0 spiro atoms. The number of aliphatic imine (C=N–C) groups is 1. The number of nitrogens with two attached hydrogens (primary N) is 1. The van der Waals surface area contributed by atoms with E-state index in [9.17, 15) is 0 Å². The van der Waals surface area contributed by atoms with Gasteiger partial charge in [-0.1, -0.05) is 19.1 Å². The Morgan fingerprint density at radius 3 is 2.76 bits per heavy atom. The van der Waals surface area contributed by atoms with Gasteiger partial charge in [0.25, 0.3) is 0 Å². The summed E-state index contributed by atoms with van der Waals surface area (Å²) in [6.45, 7) is 6.70. The molecule has 2 aromatic rings. The van der Waals surface area contributed by atoms with Crippen LogP contribution in [0.25, 0.3) is 0 Å². The Labute approximate surface area is 125 Å². The van der Waals surface area contributed by atoms with Gasteiger partial charge in [0.15, 0.2) is 5.96 Å². The Hall–Kier alpha value is -2.30. The molecule has 1 aromatic carbocycles. The smallest absolute Gasteiger partial charge is 0.193 e. The predicted octanol–water partition coefficient (Wildman–Crippen LogP) is 2.53. The molecule has 2 rings (SSSR count). The number of rotatable bonds is 4. The average Bonchev–Trinajstić information content (AvgIpc) is 2.70. The van der Waals surface area contributed by atoms with Gasteiger partial charge in [-0.25, -0.2) is 4.99 Å². The van der Waals surface area contributed by atoms with E-state index >= 15 is 0 Å². The van der Waals surface area contributed by atoms with Crippen molar-refractivity contribution in [2.24, 2.45) is 17.8 Å². The lowest BCUT2D eigenvalue weighted by molar-refractivity contribution is 0.730. The molecule has 112 valence electrons. The third-order valence-electron chi connectivity index (χ3n) is 3.67. The van der Waals surface area contributed by atoms with Crippen LogP contribution >= 0.6 is 0 Å². The summed E-state index contributed by atoms with van der Waals surface area (Å²) in [4.78, 5) is 4.41. The molecule has 0 bridgehead atoms. The molecule has 0 saturated heterocycles. The highest BCUT2D eigenvalue weighted by atomic mass is 15.3. The first kappa shape index (κ1) is 15.1. The van der Waals surface area contributed by atoms with Gasteiger partial charge in [0, 0.05) is 24.0 Å². The van der Waals surface area contributed by atoms with Crippen molar-refractivity contribution >= 4 is 11.6 Å². The fraction of sp³-hybridized carbons (Fsp3) is 0.375. The summed E-state index contributed by atoms with van der Waals surface area (Å²) in [5.74, 6) is 0.422. The van der Waals surface area contributed by atoms with E-state index in [1.165, 1.54) is 5.56 Å². The van der Waals surface area contributed by atoms with Crippen molar-refractivity contribution in [1.29, 1.82) is 0 Å².